The number of aliphatic hydroxyl groups excluding tert-OH is 1. The van der Waals surface area contributed by atoms with Gasteiger partial charge in [0.1, 0.15) is 24.2 Å². The van der Waals surface area contributed by atoms with Crippen LogP contribution in [0.4, 0.5) is 0 Å². The van der Waals surface area contributed by atoms with Crippen LogP contribution in [0.15, 0.2) is 18.2 Å². The van der Waals surface area contributed by atoms with E-state index in [0.717, 1.165) is 0 Å². The molecule has 1 aromatic carbocycles. The van der Waals surface area contributed by atoms with Gasteiger partial charge < -0.3 is 19.3 Å². The first-order chi connectivity index (χ1) is 8.69. The van der Waals surface area contributed by atoms with Crippen molar-refractivity contribution in [1.82, 2.24) is 0 Å². The third kappa shape index (κ3) is 4.62. The smallest absolute Gasteiger partial charge is 0.124 e. The SMILES string of the molecule is CCOCC(O)COc1cc(C#N)cc(OC)c1. The van der Waals surface area contributed by atoms with Crippen molar-refractivity contribution < 1.29 is 19.3 Å². The monoisotopic (exact) mass is 251 g/mol. The summed E-state index contributed by atoms with van der Waals surface area (Å²) in [6.07, 6.45) is -0.693. The van der Waals surface area contributed by atoms with Crippen LogP contribution in [-0.2, 0) is 4.74 Å². The number of benzene rings is 1. The quantitative estimate of drug-likeness (QED) is 0.791. The lowest BCUT2D eigenvalue weighted by Gasteiger charge is -2.13. The Balaban J connectivity index is 2.59. The van der Waals surface area contributed by atoms with Gasteiger partial charge in [-0.3, -0.25) is 0 Å². The predicted octanol–water partition coefficient (Wildman–Crippen LogP) is 1.34. The largest absolute Gasteiger partial charge is 0.497 e. The zero-order valence-corrected chi connectivity index (χ0v) is 10.5. The number of nitriles is 1. The predicted molar refractivity (Wildman–Crippen MR) is 65.7 cm³/mol. The number of ether oxygens (including phenoxy) is 3. The molecular weight excluding hydrogens is 234 g/mol. The highest BCUT2D eigenvalue weighted by atomic mass is 16.5. The molecule has 0 aliphatic rings. The summed E-state index contributed by atoms with van der Waals surface area (Å²) in [5.41, 5.74) is 0.448. The molecule has 0 bridgehead atoms. The topological polar surface area (TPSA) is 71.7 Å². The number of hydrogen-bond acceptors (Lipinski definition) is 5. The fourth-order valence-corrected chi connectivity index (χ4v) is 1.33. The maximum Gasteiger partial charge on any atom is 0.124 e. The molecule has 5 nitrogen and oxygen atoms in total. The molecule has 18 heavy (non-hydrogen) atoms. The van der Waals surface area contributed by atoms with Crippen LogP contribution in [-0.4, -0.2) is 38.1 Å². The van der Waals surface area contributed by atoms with Crippen molar-refractivity contribution in [3.63, 3.8) is 0 Å². The summed E-state index contributed by atoms with van der Waals surface area (Å²) in [4.78, 5) is 0. The van der Waals surface area contributed by atoms with E-state index in [1.54, 1.807) is 18.2 Å². The molecule has 1 rings (SSSR count). The van der Waals surface area contributed by atoms with Crippen LogP contribution < -0.4 is 9.47 Å². The number of methoxy groups -OCH3 is 1. The summed E-state index contributed by atoms with van der Waals surface area (Å²) in [7, 11) is 1.52. The standard InChI is InChI=1S/C13H17NO4/c1-3-17-8-11(15)9-18-13-5-10(7-14)4-12(6-13)16-2/h4-6,11,15H,3,8-9H2,1-2H3. The van der Waals surface area contributed by atoms with E-state index in [0.29, 0.717) is 23.7 Å². The van der Waals surface area contributed by atoms with Gasteiger partial charge >= 0.3 is 0 Å². The van der Waals surface area contributed by atoms with Gasteiger partial charge in [-0.1, -0.05) is 0 Å². The molecular formula is C13H17NO4. The van der Waals surface area contributed by atoms with Gasteiger partial charge in [-0.2, -0.15) is 5.26 Å². The molecule has 98 valence electrons. The summed E-state index contributed by atoms with van der Waals surface area (Å²) in [6, 6.07) is 6.89. The molecule has 1 unspecified atom stereocenters. The molecule has 1 atom stereocenters. The van der Waals surface area contributed by atoms with Crippen molar-refractivity contribution in [3.8, 4) is 17.6 Å². The van der Waals surface area contributed by atoms with Crippen LogP contribution in [0.3, 0.4) is 0 Å². The van der Waals surface area contributed by atoms with E-state index in [1.807, 2.05) is 13.0 Å². The molecule has 0 saturated heterocycles. The Morgan fingerprint density at radius 1 is 1.28 bits per heavy atom. The third-order valence-corrected chi connectivity index (χ3v) is 2.20. The molecule has 0 radical (unpaired) electrons. The second kappa shape index (κ2) is 7.54. The van der Waals surface area contributed by atoms with Crippen LogP contribution in [0.25, 0.3) is 0 Å². The molecule has 0 fully saturated rings. The van der Waals surface area contributed by atoms with Crippen molar-refractivity contribution >= 4 is 0 Å². The first-order valence-corrected chi connectivity index (χ1v) is 5.67. The van der Waals surface area contributed by atoms with Crippen molar-refractivity contribution in [1.29, 1.82) is 5.26 Å². The van der Waals surface area contributed by atoms with Gasteiger partial charge in [0.05, 0.1) is 25.3 Å². The van der Waals surface area contributed by atoms with Gasteiger partial charge in [0.2, 0.25) is 0 Å². The van der Waals surface area contributed by atoms with Gasteiger partial charge in [0, 0.05) is 12.7 Å². The first kappa shape index (κ1) is 14.3. The minimum Gasteiger partial charge on any atom is -0.497 e. The van der Waals surface area contributed by atoms with Crippen LogP contribution in [0.2, 0.25) is 0 Å². The molecule has 0 aromatic heterocycles. The normalized spacial score (nSPS) is 11.7. The molecule has 0 heterocycles. The Labute approximate surface area is 107 Å². The van der Waals surface area contributed by atoms with E-state index in [1.165, 1.54) is 7.11 Å². The van der Waals surface area contributed by atoms with Gasteiger partial charge in [-0.05, 0) is 19.1 Å². The Hall–Kier alpha value is -1.77. The molecule has 1 aromatic rings. The summed E-state index contributed by atoms with van der Waals surface area (Å²) in [5, 5.41) is 18.4. The van der Waals surface area contributed by atoms with Crippen molar-refractivity contribution in [3.05, 3.63) is 23.8 Å². The number of aliphatic hydroxyl groups is 1. The summed E-state index contributed by atoms with van der Waals surface area (Å²) in [6.45, 7) is 2.74. The lowest BCUT2D eigenvalue weighted by atomic mass is 10.2. The van der Waals surface area contributed by atoms with Crippen LogP contribution in [0.5, 0.6) is 11.5 Å². The van der Waals surface area contributed by atoms with Gasteiger partial charge in [-0.25, -0.2) is 0 Å². The Morgan fingerprint density at radius 2 is 2.00 bits per heavy atom. The molecule has 0 amide bonds. The van der Waals surface area contributed by atoms with Gasteiger partial charge in [0.25, 0.3) is 0 Å². The molecule has 1 N–H and O–H groups in total. The summed E-state index contributed by atoms with van der Waals surface area (Å²) >= 11 is 0. The lowest BCUT2D eigenvalue weighted by Crippen LogP contribution is -2.23. The lowest BCUT2D eigenvalue weighted by molar-refractivity contribution is 0.0164. The summed E-state index contributed by atoms with van der Waals surface area (Å²) in [5.74, 6) is 1.03. The Morgan fingerprint density at radius 3 is 2.61 bits per heavy atom. The molecule has 0 saturated carbocycles. The van der Waals surface area contributed by atoms with Crippen molar-refractivity contribution in [2.75, 3.05) is 26.9 Å². The van der Waals surface area contributed by atoms with E-state index in [9.17, 15) is 5.11 Å². The van der Waals surface area contributed by atoms with Gasteiger partial charge in [-0.15, -0.1) is 0 Å². The van der Waals surface area contributed by atoms with E-state index in [2.05, 4.69) is 0 Å². The zero-order chi connectivity index (χ0) is 13.4. The minimum absolute atomic E-state index is 0.109. The fourth-order valence-electron chi connectivity index (χ4n) is 1.33. The third-order valence-electron chi connectivity index (χ3n) is 2.20. The molecule has 5 heteroatoms. The van der Waals surface area contributed by atoms with Crippen molar-refractivity contribution in [2.24, 2.45) is 0 Å². The number of hydrogen-bond donors (Lipinski definition) is 1. The number of rotatable bonds is 7. The maximum absolute atomic E-state index is 9.55. The maximum atomic E-state index is 9.55. The average molecular weight is 251 g/mol. The van der Waals surface area contributed by atoms with Crippen LogP contribution in [0, 0.1) is 11.3 Å². The summed E-state index contributed by atoms with van der Waals surface area (Å²) < 4.78 is 15.5. The van der Waals surface area contributed by atoms with E-state index >= 15 is 0 Å². The van der Waals surface area contributed by atoms with Crippen LogP contribution >= 0.6 is 0 Å². The van der Waals surface area contributed by atoms with E-state index < -0.39 is 6.10 Å². The number of nitrogens with zero attached hydrogens (tertiary/aromatic N) is 1. The fraction of sp³-hybridized carbons (Fsp3) is 0.462. The molecule has 0 aliphatic carbocycles. The van der Waals surface area contributed by atoms with Crippen LogP contribution in [0.1, 0.15) is 12.5 Å². The van der Waals surface area contributed by atoms with E-state index in [4.69, 9.17) is 19.5 Å². The Bertz CT molecular complexity index is 414. The second-order valence-electron chi connectivity index (χ2n) is 3.63. The highest BCUT2D eigenvalue weighted by Gasteiger charge is 2.07. The van der Waals surface area contributed by atoms with E-state index in [-0.39, 0.29) is 13.2 Å². The molecule has 0 aliphatic heterocycles. The highest BCUT2D eigenvalue weighted by molar-refractivity contribution is 5.43. The molecule has 0 spiro atoms. The Kier molecular flexibility index (Phi) is 5.98. The van der Waals surface area contributed by atoms with Gasteiger partial charge in [0.15, 0.2) is 0 Å². The first-order valence-electron chi connectivity index (χ1n) is 5.67. The minimum atomic E-state index is -0.693. The average Bonchev–Trinajstić information content (AvgIpc) is 2.42. The highest BCUT2D eigenvalue weighted by Crippen LogP contribution is 2.22. The second-order valence-corrected chi connectivity index (χ2v) is 3.63. The zero-order valence-electron chi connectivity index (χ0n) is 10.5. The van der Waals surface area contributed by atoms with Crippen molar-refractivity contribution in [2.45, 2.75) is 13.0 Å².